The molecule has 0 aliphatic carbocycles. The normalized spacial score (nSPS) is 15.4. The van der Waals surface area contributed by atoms with Gasteiger partial charge in [0.25, 0.3) is 0 Å². The zero-order valence-corrected chi connectivity index (χ0v) is 18.0. The van der Waals surface area contributed by atoms with E-state index in [1.165, 1.54) is 0 Å². The zero-order chi connectivity index (χ0) is 20.3. The molecule has 0 spiro atoms. The van der Waals surface area contributed by atoms with Crippen LogP contribution in [0.2, 0.25) is 0 Å². The number of carbonyl (C=O) groups is 1. The minimum absolute atomic E-state index is 0.201. The molecule has 2 N–H and O–H groups in total. The molecule has 0 unspecified atom stereocenters. The molecule has 3 rings (SSSR count). The van der Waals surface area contributed by atoms with E-state index < -0.39 is 5.60 Å². The number of anilines is 3. The Labute approximate surface area is 172 Å². The number of hydrogen-bond acceptors (Lipinski definition) is 8. The average Bonchev–Trinajstić information content (AvgIpc) is 3.02. The molecule has 1 saturated heterocycles. The second kappa shape index (κ2) is 8.34. The highest BCUT2D eigenvalue weighted by molar-refractivity contribution is 9.10. The van der Waals surface area contributed by atoms with Crippen LogP contribution in [0.3, 0.4) is 0 Å². The van der Waals surface area contributed by atoms with Gasteiger partial charge in [-0.15, -0.1) is 0 Å². The predicted molar refractivity (Wildman–Crippen MR) is 109 cm³/mol. The minimum atomic E-state index is -0.482. The highest BCUT2D eigenvalue weighted by Gasteiger charge is 2.27. The van der Waals surface area contributed by atoms with Gasteiger partial charge in [0.05, 0.1) is 4.47 Å². The molecule has 9 nitrogen and oxygen atoms in total. The van der Waals surface area contributed by atoms with Crippen LogP contribution in [0.5, 0.6) is 0 Å². The van der Waals surface area contributed by atoms with Crippen molar-refractivity contribution < 1.29 is 14.1 Å². The fourth-order valence-electron chi connectivity index (χ4n) is 2.79. The van der Waals surface area contributed by atoms with Gasteiger partial charge in [-0.2, -0.15) is 4.98 Å². The van der Waals surface area contributed by atoms with Gasteiger partial charge in [-0.05, 0) is 56.5 Å². The Balaban J connectivity index is 1.57. The van der Waals surface area contributed by atoms with Crippen molar-refractivity contribution in [3.05, 3.63) is 22.5 Å². The number of aryl methyl sites for hydroxylation is 1. The van der Waals surface area contributed by atoms with Gasteiger partial charge in [0, 0.05) is 31.4 Å². The summed E-state index contributed by atoms with van der Waals surface area (Å²) in [6, 6.07) is 1.97. The van der Waals surface area contributed by atoms with Gasteiger partial charge in [0.1, 0.15) is 17.2 Å². The molecule has 0 radical (unpaired) electrons. The van der Waals surface area contributed by atoms with Gasteiger partial charge in [0.15, 0.2) is 5.82 Å². The summed E-state index contributed by atoms with van der Waals surface area (Å²) < 4.78 is 11.2. The molecule has 2 aromatic heterocycles. The third-order valence-corrected chi connectivity index (χ3v) is 4.68. The quantitative estimate of drug-likeness (QED) is 0.713. The molecule has 10 heteroatoms. The predicted octanol–water partition coefficient (Wildman–Crippen LogP) is 4.09. The maximum Gasteiger partial charge on any atom is 0.410 e. The molecule has 1 aliphatic rings. The second-order valence-electron chi connectivity index (χ2n) is 7.72. The van der Waals surface area contributed by atoms with E-state index in [0.717, 1.165) is 17.3 Å². The molecule has 2 aromatic rings. The van der Waals surface area contributed by atoms with E-state index in [9.17, 15) is 4.79 Å². The minimum Gasteiger partial charge on any atom is -0.444 e. The van der Waals surface area contributed by atoms with Crippen LogP contribution < -0.4 is 10.6 Å². The van der Waals surface area contributed by atoms with Crippen molar-refractivity contribution in [1.29, 1.82) is 0 Å². The third-order valence-electron chi connectivity index (χ3n) is 4.10. The van der Waals surface area contributed by atoms with E-state index in [0.29, 0.717) is 36.4 Å². The Hall–Kier alpha value is -2.36. The van der Waals surface area contributed by atoms with Gasteiger partial charge >= 0.3 is 6.09 Å². The van der Waals surface area contributed by atoms with Crippen molar-refractivity contribution in [2.24, 2.45) is 0 Å². The first-order chi connectivity index (χ1) is 13.2. The lowest BCUT2D eigenvalue weighted by atomic mass is 10.1. The van der Waals surface area contributed by atoms with Crippen LogP contribution in [0, 0.1) is 6.92 Å². The molecule has 28 heavy (non-hydrogen) atoms. The number of nitrogens with one attached hydrogen (secondary N) is 2. The van der Waals surface area contributed by atoms with Gasteiger partial charge in [-0.25, -0.2) is 9.78 Å². The first-order valence-electron chi connectivity index (χ1n) is 9.17. The van der Waals surface area contributed by atoms with Crippen molar-refractivity contribution in [3.8, 4) is 0 Å². The van der Waals surface area contributed by atoms with Crippen LogP contribution in [0.25, 0.3) is 0 Å². The average molecular weight is 453 g/mol. The molecular formula is C18H25BrN6O3. The first kappa shape index (κ1) is 20.4. The summed E-state index contributed by atoms with van der Waals surface area (Å²) >= 11 is 3.48. The Morgan fingerprint density at radius 2 is 2.07 bits per heavy atom. The monoisotopic (exact) mass is 452 g/mol. The SMILES string of the molecule is Cc1cc(Nc2ncc(Br)c(NC3CCN(C(=O)OC(C)(C)C)CC3)n2)no1. The van der Waals surface area contributed by atoms with E-state index in [1.807, 2.05) is 27.7 Å². The van der Waals surface area contributed by atoms with Crippen LogP contribution in [-0.4, -0.2) is 50.9 Å². The van der Waals surface area contributed by atoms with Crippen LogP contribution in [0.4, 0.5) is 22.4 Å². The number of amides is 1. The highest BCUT2D eigenvalue weighted by Crippen LogP contribution is 2.25. The Morgan fingerprint density at radius 1 is 1.36 bits per heavy atom. The largest absolute Gasteiger partial charge is 0.444 e. The van der Waals surface area contributed by atoms with Crippen molar-refractivity contribution in [1.82, 2.24) is 20.0 Å². The molecule has 1 fully saturated rings. The topological polar surface area (TPSA) is 105 Å². The van der Waals surface area contributed by atoms with Crippen LogP contribution >= 0.6 is 15.9 Å². The van der Waals surface area contributed by atoms with Crippen molar-refractivity contribution in [2.75, 3.05) is 23.7 Å². The van der Waals surface area contributed by atoms with E-state index in [1.54, 1.807) is 17.2 Å². The Morgan fingerprint density at radius 3 is 2.68 bits per heavy atom. The molecule has 3 heterocycles. The van der Waals surface area contributed by atoms with Crippen molar-refractivity contribution in [2.45, 2.75) is 52.2 Å². The van der Waals surface area contributed by atoms with Gasteiger partial charge in [-0.1, -0.05) is 5.16 Å². The van der Waals surface area contributed by atoms with Crippen LogP contribution in [0.1, 0.15) is 39.4 Å². The maximum absolute atomic E-state index is 12.2. The van der Waals surface area contributed by atoms with Gasteiger partial charge in [0.2, 0.25) is 5.95 Å². The lowest BCUT2D eigenvalue weighted by Crippen LogP contribution is -2.44. The third kappa shape index (κ3) is 5.57. The number of rotatable bonds is 4. The van der Waals surface area contributed by atoms with Crippen molar-refractivity contribution in [3.63, 3.8) is 0 Å². The van der Waals surface area contributed by atoms with Gasteiger partial charge in [-0.3, -0.25) is 0 Å². The summed E-state index contributed by atoms with van der Waals surface area (Å²) in [4.78, 5) is 22.7. The smallest absolute Gasteiger partial charge is 0.410 e. The molecule has 1 aliphatic heterocycles. The molecule has 0 bridgehead atoms. The Kier molecular flexibility index (Phi) is 6.07. The molecule has 152 valence electrons. The summed E-state index contributed by atoms with van der Waals surface area (Å²) in [5, 5.41) is 10.3. The van der Waals surface area contributed by atoms with E-state index >= 15 is 0 Å². The number of hydrogen-bond donors (Lipinski definition) is 2. The Bertz CT molecular complexity index is 827. The summed E-state index contributed by atoms with van der Waals surface area (Å²) in [7, 11) is 0. The summed E-state index contributed by atoms with van der Waals surface area (Å²) in [5.74, 6) is 2.37. The molecule has 0 atom stereocenters. The fraction of sp³-hybridized carbons (Fsp3) is 0.556. The zero-order valence-electron chi connectivity index (χ0n) is 16.5. The standard InChI is InChI=1S/C18H25BrN6O3/c1-11-9-14(24-28-11)22-16-20-10-13(19)15(23-16)21-12-5-7-25(8-6-12)17(26)27-18(2,3)4/h9-10,12H,5-8H2,1-4H3,(H2,20,21,22,23,24). The molecule has 1 amide bonds. The maximum atomic E-state index is 12.2. The summed E-state index contributed by atoms with van der Waals surface area (Å²) in [5.41, 5.74) is -0.482. The van der Waals surface area contributed by atoms with E-state index in [4.69, 9.17) is 9.26 Å². The summed E-state index contributed by atoms with van der Waals surface area (Å²) in [6.07, 6.45) is 3.03. The fourth-order valence-corrected chi connectivity index (χ4v) is 3.10. The first-order valence-corrected chi connectivity index (χ1v) is 9.96. The highest BCUT2D eigenvalue weighted by atomic mass is 79.9. The second-order valence-corrected chi connectivity index (χ2v) is 8.58. The number of likely N-dealkylation sites (tertiary alicyclic amines) is 1. The molecule has 0 saturated carbocycles. The molecular weight excluding hydrogens is 428 g/mol. The van der Waals surface area contributed by atoms with E-state index in [2.05, 4.69) is 41.7 Å². The van der Waals surface area contributed by atoms with Crippen LogP contribution in [-0.2, 0) is 4.74 Å². The number of piperidine rings is 1. The van der Waals surface area contributed by atoms with Crippen LogP contribution in [0.15, 0.2) is 21.3 Å². The number of carbonyl (C=O) groups excluding carboxylic acids is 1. The summed E-state index contributed by atoms with van der Waals surface area (Å²) in [6.45, 7) is 8.71. The lowest BCUT2D eigenvalue weighted by molar-refractivity contribution is 0.0210. The van der Waals surface area contributed by atoms with E-state index in [-0.39, 0.29) is 12.1 Å². The molecule has 0 aromatic carbocycles. The van der Waals surface area contributed by atoms with Crippen molar-refractivity contribution >= 4 is 39.6 Å². The number of halogens is 1. The number of ether oxygens (including phenoxy) is 1. The lowest BCUT2D eigenvalue weighted by Gasteiger charge is -2.34. The number of aromatic nitrogens is 3. The number of nitrogens with zero attached hydrogens (tertiary/aromatic N) is 4. The van der Waals surface area contributed by atoms with Gasteiger partial charge < -0.3 is 24.8 Å².